The molecule has 8 aromatic carbocycles. The number of nitriles is 1. The first-order valence-electron chi connectivity index (χ1n) is 22.1. The predicted octanol–water partition coefficient (Wildman–Crippen LogP) is 14.2. The molecule has 62 heavy (non-hydrogen) atoms. The third-order valence-electron chi connectivity index (χ3n) is 14.5. The first-order chi connectivity index (χ1) is 30.5. The second-order valence-electron chi connectivity index (χ2n) is 18.3. The summed E-state index contributed by atoms with van der Waals surface area (Å²) in [6.07, 6.45) is 7.81. The molecule has 0 radical (unpaired) electrons. The minimum absolute atomic E-state index is 0.208. The maximum atomic E-state index is 9.36. The molecule has 9 aromatic rings. The van der Waals surface area contributed by atoms with Gasteiger partial charge in [-0.15, -0.1) is 0 Å². The first-order valence-corrected chi connectivity index (χ1v) is 22.1. The lowest BCUT2D eigenvalue weighted by molar-refractivity contribution is -0.0281. The summed E-state index contributed by atoms with van der Waals surface area (Å²) in [7, 11) is 0. The van der Waals surface area contributed by atoms with Crippen LogP contribution in [-0.4, -0.2) is 15.0 Å². The standard InChI is InChI=1S/C58H44N4/c59-36-38-15-16-47-31-46(18-17-45(47)30-38)41-19-23-48(24-20-41)57-32-39-29-40(33-57)35-58(34-39,37-57)49-25-21-42(22-26-49)50-27-28-53(52-14-8-7-13-51(50)52)56-61-54(43-9-3-1-4-10-43)60-55(62-56)44-11-5-2-6-12-44/h1-28,30-31,39-40H,29,32-35,37H2. The van der Waals surface area contributed by atoms with Crippen molar-refractivity contribution in [3.8, 4) is 62.5 Å². The maximum absolute atomic E-state index is 9.36. The van der Waals surface area contributed by atoms with Crippen LogP contribution in [0.1, 0.15) is 55.2 Å². The van der Waals surface area contributed by atoms with Crippen LogP contribution in [0.25, 0.3) is 78.0 Å². The van der Waals surface area contributed by atoms with Crippen molar-refractivity contribution in [2.75, 3.05) is 0 Å². The zero-order valence-corrected chi connectivity index (χ0v) is 34.5. The maximum Gasteiger partial charge on any atom is 0.164 e. The van der Waals surface area contributed by atoms with E-state index in [2.05, 4.69) is 140 Å². The Hall–Kier alpha value is -7.22. The monoisotopic (exact) mass is 796 g/mol. The van der Waals surface area contributed by atoms with Crippen LogP contribution in [0, 0.1) is 23.2 Å². The van der Waals surface area contributed by atoms with E-state index >= 15 is 0 Å². The SMILES string of the molecule is N#Cc1ccc2cc(-c3ccc(C45CC6CC(C4)CC(c4ccc(-c7ccc(-c8nc(-c9ccccc9)nc(-c9ccccc9)n8)c8ccccc78)cc4)(C6)C5)cc3)ccc2c1. The second-order valence-corrected chi connectivity index (χ2v) is 18.3. The summed E-state index contributed by atoms with van der Waals surface area (Å²) in [5.74, 6) is 3.54. The van der Waals surface area contributed by atoms with Gasteiger partial charge >= 0.3 is 0 Å². The molecule has 0 spiro atoms. The topological polar surface area (TPSA) is 62.5 Å². The number of fused-ring (bicyclic) bond motifs is 2. The quantitative estimate of drug-likeness (QED) is 0.161. The summed E-state index contributed by atoms with van der Waals surface area (Å²) in [6, 6.07) is 67.6. The largest absolute Gasteiger partial charge is 0.208 e. The predicted molar refractivity (Wildman–Crippen MR) is 251 cm³/mol. The Bertz CT molecular complexity index is 3130. The zero-order valence-electron chi connectivity index (χ0n) is 34.5. The molecule has 1 aromatic heterocycles. The molecule has 4 saturated carbocycles. The van der Waals surface area contributed by atoms with Crippen molar-refractivity contribution in [2.24, 2.45) is 11.8 Å². The van der Waals surface area contributed by atoms with Crippen LogP contribution in [0.5, 0.6) is 0 Å². The van der Waals surface area contributed by atoms with Gasteiger partial charge in [0, 0.05) is 16.7 Å². The Balaban J connectivity index is 0.860. The highest BCUT2D eigenvalue weighted by Gasteiger charge is 2.58. The van der Waals surface area contributed by atoms with Crippen LogP contribution < -0.4 is 0 Å². The average molecular weight is 797 g/mol. The lowest BCUT2D eigenvalue weighted by atomic mass is 9.41. The van der Waals surface area contributed by atoms with Gasteiger partial charge in [0.2, 0.25) is 0 Å². The summed E-state index contributed by atoms with van der Waals surface area (Å²) >= 11 is 0. The summed E-state index contributed by atoms with van der Waals surface area (Å²) in [4.78, 5) is 15.1. The number of nitrogens with zero attached hydrogens (tertiary/aromatic N) is 4. The molecule has 0 N–H and O–H groups in total. The van der Waals surface area contributed by atoms with Gasteiger partial charge in [0.15, 0.2) is 17.5 Å². The fraction of sp³-hybridized carbons (Fsp3) is 0.172. The number of benzene rings is 8. The van der Waals surface area contributed by atoms with Gasteiger partial charge in [-0.2, -0.15) is 5.26 Å². The van der Waals surface area contributed by atoms with E-state index in [1.54, 1.807) is 0 Å². The lowest BCUT2D eigenvalue weighted by Gasteiger charge is -2.63. The van der Waals surface area contributed by atoms with E-state index < -0.39 is 0 Å². The fourth-order valence-corrected chi connectivity index (χ4v) is 12.1. The zero-order chi connectivity index (χ0) is 41.3. The summed E-state index contributed by atoms with van der Waals surface area (Å²) < 4.78 is 0. The number of rotatable bonds is 7. The Morgan fingerprint density at radius 1 is 0.419 bits per heavy atom. The summed E-state index contributed by atoms with van der Waals surface area (Å²) in [6.45, 7) is 0. The molecule has 4 aliphatic carbocycles. The Labute approximate surface area is 362 Å². The summed E-state index contributed by atoms with van der Waals surface area (Å²) in [5, 5.41) is 13.9. The molecule has 13 rings (SSSR count). The van der Waals surface area contributed by atoms with E-state index in [1.165, 1.54) is 82.7 Å². The Kier molecular flexibility index (Phi) is 8.54. The molecule has 296 valence electrons. The molecule has 0 saturated heterocycles. The molecular formula is C58H44N4. The molecule has 1 heterocycles. The minimum atomic E-state index is 0.208. The fourth-order valence-electron chi connectivity index (χ4n) is 12.1. The van der Waals surface area contributed by atoms with Crippen LogP contribution in [0.3, 0.4) is 0 Å². The number of hydrogen-bond donors (Lipinski definition) is 0. The van der Waals surface area contributed by atoms with Gasteiger partial charge in [-0.3, -0.25) is 0 Å². The van der Waals surface area contributed by atoms with Crippen molar-refractivity contribution < 1.29 is 0 Å². The van der Waals surface area contributed by atoms with Gasteiger partial charge < -0.3 is 0 Å². The minimum Gasteiger partial charge on any atom is -0.208 e. The second kappa shape index (κ2) is 14.5. The van der Waals surface area contributed by atoms with E-state index in [9.17, 15) is 5.26 Å². The molecule has 4 heteroatoms. The average Bonchev–Trinajstić information content (AvgIpc) is 3.33. The smallest absolute Gasteiger partial charge is 0.164 e. The molecule has 0 amide bonds. The van der Waals surface area contributed by atoms with Crippen LogP contribution in [0.15, 0.2) is 182 Å². The van der Waals surface area contributed by atoms with Crippen LogP contribution in [-0.2, 0) is 10.8 Å². The highest BCUT2D eigenvalue weighted by atomic mass is 15.0. The van der Waals surface area contributed by atoms with E-state index in [1.807, 2.05) is 48.5 Å². The molecule has 4 aliphatic rings. The Morgan fingerprint density at radius 3 is 1.50 bits per heavy atom. The van der Waals surface area contributed by atoms with E-state index in [0.717, 1.165) is 39.3 Å². The van der Waals surface area contributed by atoms with Gasteiger partial charge in [-0.25, -0.2) is 15.0 Å². The van der Waals surface area contributed by atoms with E-state index in [-0.39, 0.29) is 10.8 Å². The molecule has 4 fully saturated rings. The molecular weight excluding hydrogens is 753 g/mol. The van der Waals surface area contributed by atoms with Crippen LogP contribution in [0.4, 0.5) is 0 Å². The molecule has 0 aliphatic heterocycles. The van der Waals surface area contributed by atoms with E-state index in [4.69, 9.17) is 15.0 Å². The van der Waals surface area contributed by atoms with Crippen molar-refractivity contribution in [3.63, 3.8) is 0 Å². The van der Waals surface area contributed by atoms with Crippen molar-refractivity contribution in [1.82, 2.24) is 15.0 Å². The third-order valence-corrected chi connectivity index (χ3v) is 14.5. The van der Waals surface area contributed by atoms with E-state index in [0.29, 0.717) is 23.0 Å². The van der Waals surface area contributed by atoms with Crippen molar-refractivity contribution in [1.29, 1.82) is 5.26 Å². The molecule has 4 nitrogen and oxygen atoms in total. The number of hydrogen-bond acceptors (Lipinski definition) is 4. The highest BCUT2D eigenvalue weighted by molar-refractivity contribution is 6.04. The van der Waals surface area contributed by atoms with Crippen LogP contribution in [0.2, 0.25) is 0 Å². The van der Waals surface area contributed by atoms with Gasteiger partial charge in [0.25, 0.3) is 0 Å². The van der Waals surface area contributed by atoms with Gasteiger partial charge in [0.05, 0.1) is 11.6 Å². The van der Waals surface area contributed by atoms with Crippen molar-refractivity contribution >= 4 is 21.5 Å². The van der Waals surface area contributed by atoms with Gasteiger partial charge in [0.1, 0.15) is 0 Å². The van der Waals surface area contributed by atoms with Gasteiger partial charge in [-0.05, 0) is 140 Å². The van der Waals surface area contributed by atoms with Crippen LogP contribution >= 0.6 is 0 Å². The lowest BCUT2D eigenvalue weighted by Crippen LogP contribution is -2.55. The Morgan fingerprint density at radius 2 is 0.903 bits per heavy atom. The normalized spacial score (nSPS) is 21.3. The summed E-state index contributed by atoms with van der Waals surface area (Å²) in [5.41, 5.74) is 12.0. The third kappa shape index (κ3) is 6.22. The molecule has 2 atom stereocenters. The highest BCUT2D eigenvalue weighted by Crippen LogP contribution is 2.66. The van der Waals surface area contributed by atoms with Crippen molar-refractivity contribution in [2.45, 2.75) is 49.4 Å². The van der Waals surface area contributed by atoms with Gasteiger partial charge in [-0.1, -0.05) is 158 Å². The molecule has 4 bridgehead atoms. The first kappa shape index (κ1) is 36.6. The number of aromatic nitrogens is 3. The molecule has 2 unspecified atom stereocenters. The van der Waals surface area contributed by atoms with Crippen molar-refractivity contribution in [3.05, 3.63) is 199 Å².